The van der Waals surface area contributed by atoms with Crippen LogP contribution in [0.1, 0.15) is 0 Å². The first-order valence-corrected chi connectivity index (χ1v) is 6.71. The van der Waals surface area contributed by atoms with Gasteiger partial charge in [0.1, 0.15) is 5.69 Å². The van der Waals surface area contributed by atoms with Gasteiger partial charge in [-0.2, -0.15) is 0 Å². The second-order valence-electron chi connectivity index (χ2n) is 3.67. The average molecular weight is 260 g/mol. The normalized spacial score (nSPS) is 11.1. The lowest BCUT2D eigenvalue weighted by Gasteiger charge is -2.09. The zero-order valence-electron chi connectivity index (χ0n) is 9.58. The molecular weight excluding hydrogens is 248 g/mol. The fourth-order valence-electron chi connectivity index (χ4n) is 1.65. The van der Waals surface area contributed by atoms with Gasteiger partial charge >= 0.3 is 0 Å². The number of sulfone groups is 1. The maximum atomic E-state index is 12.4. The Morgan fingerprint density at radius 2 is 1.67 bits per heavy atom. The van der Waals surface area contributed by atoms with Crippen LogP contribution in [0.3, 0.4) is 0 Å². The van der Waals surface area contributed by atoms with E-state index in [1.165, 1.54) is 18.2 Å². The largest absolute Gasteiger partial charge is 0.397 e. The SMILES string of the molecule is C=Nc1c(N)cccc1S(=O)(=O)c1ccccc1. The van der Waals surface area contributed by atoms with E-state index in [9.17, 15) is 8.42 Å². The molecule has 0 heterocycles. The van der Waals surface area contributed by atoms with Gasteiger partial charge in [-0.05, 0) is 31.0 Å². The van der Waals surface area contributed by atoms with E-state index in [1.807, 2.05) is 0 Å². The molecule has 5 heteroatoms. The third-order valence-electron chi connectivity index (χ3n) is 2.53. The van der Waals surface area contributed by atoms with Crippen LogP contribution in [0, 0.1) is 0 Å². The lowest BCUT2D eigenvalue weighted by molar-refractivity contribution is 0.596. The third-order valence-corrected chi connectivity index (χ3v) is 4.33. The smallest absolute Gasteiger partial charge is 0.208 e. The fraction of sp³-hybridized carbons (Fsp3) is 0. The molecule has 2 rings (SSSR count). The van der Waals surface area contributed by atoms with E-state index in [0.29, 0.717) is 5.69 Å². The summed E-state index contributed by atoms with van der Waals surface area (Å²) in [6, 6.07) is 12.8. The predicted molar refractivity (Wildman–Crippen MR) is 72.0 cm³/mol. The van der Waals surface area contributed by atoms with Gasteiger partial charge in [0.2, 0.25) is 9.84 Å². The van der Waals surface area contributed by atoms with E-state index in [2.05, 4.69) is 11.7 Å². The standard InChI is InChI=1S/C13H12N2O2S/c1-15-13-11(14)8-5-9-12(13)18(16,17)10-6-3-2-4-7-10/h2-9H,1,14H2. The summed E-state index contributed by atoms with van der Waals surface area (Å²) < 4.78 is 24.8. The molecule has 2 aromatic rings. The number of aliphatic imine (C=N–C) groups is 1. The predicted octanol–water partition coefficient (Wildman–Crippen LogP) is 2.43. The second-order valence-corrected chi connectivity index (χ2v) is 5.59. The number of nitrogens with zero attached hydrogens (tertiary/aromatic N) is 1. The van der Waals surface area contributed by atoms with Crippen molar-refractivity contribution in [2.45, 2.75) is 9.79 Å². The van der Waals surface area contributed by atoms with Gasteiger partial charge in [0.15, 0.2) is 0 Å². The quantitative estimate of drug-likeness (QED) is 0.680. The highest BCUT2D eigenvalue weighted by molar-refractivity contribution is 7.91. The van der Waals surface area contributed by atoms with Gasteiger partial charge in [-0.25, -0.2) is 8.42 Å². The van der Waals surface area contributed by atoms with Gasteiger partial charge in [-0.15, -0.1) is 0 Å². The minimum Gasteiger partial charge on any atom is -0.397 e. The molecule has 4 nitrogen and oxygen atoms in total. The molecule has 0 amide bonds. The summed E-state index contributed by atoms with van der Waals surface area (Å²) in [4.78, 5) is 3.99. The van der Waals surface area contributed by atoms with Crippen LogP contribution in [0.25, 0.3) is 0 Å². The molecule has 0 bridgehead atoms. The van der Waals surface area contributed by atoms with Crippen molar-refractivity contribution in [1.82, 2.24) is 0 Å². The summed E-state index contributed by atoms with van der Waals surface area (Å²) in [5.41, 5.74) is 6.20. The summed E-state index contributed by atoms with van der Waals surface area (Å²) in [5.74, 6) is 0. The number of benzene rings is 2. The molecule has 0 aliphatic rings. The molecular formula is C13H12N2O2S. The van der Waals surface area contributed by atoms with Crippen LogP contribution in [0.4, 0.5) is 11.4 Å². The molecule has 92 valence electrons. The average Bonchev–Trinajstić information content (AvgIpc) is 2.39. The molecule has 0 saturated heterocycles. The molecule has 0 aliphatic heterocycles. The number of rotatable bonds is 3. The van der Waals surface area contributed by atoms with Gasteiger partial charge < -0.3 is 5.73 Å². The Labute approximate surface area is 106 Å². The molecule has 0 radical (unpaired) electrons. The zero-order valence-corrected chi connectivity index (χ0v) is 10.4. The first-order valence-electron chi connectivity index (χ1n) is 5.22. The van der Waals surface area contributed by atoms with Crippen molar-refractivity contribution in [3.05, 3.63) is 48.5 Å². The van der Waals surface area contributed by atoms with Crippen LogP contribution in [0.5, 0.6) is 0 Å². The third kappa shape index (κ3) is 2.00. The van der Waals surface area contributed by atoms with Crippen LogP contribution in [-0.4, -0.2) is 15.1 Å². The molecule has 2 aromatic carbocycles. The highest BCUT2D eigenvalue weighted by atomic mass is 32.2. The Morgan fingerprint density at radius 3 is 2.28 bits per heavy atom. The fourth-order valence-corrected chi connectivity index (χ4v) is 3.12. The lowest BCUT2D eigenvalue weighted by Crippen LogP contribution is -2.03. The van der Waals surface area contributed by atoms with Crippen LogP contribution in [-0.2, 0) is 9.84 Å². The summed E-state index contributed by atoms with van der Waals surface area (Å²) in [6.45, 7) is 3.37. The van der Waals surface area contributed by atoms with Crippen molar-refractivity contribution in [1.29, 1.82) is 0 Å². The Kier molecular flexibility index (Phi) is 3.16. The maximum absolute atomic E-state index is 12.4. The number of hydrogen-bond acceptors (Lipinski definition) is 4. The van der Waals surface area contributed by atoms with Crippen molar-refractivity contribution in [3.63, 3.8) is 0 Å². The van der Waals surface area contributed by atoms with E-state index in [4.69, 9.17) is 5.73 Å². The number of hydrogen-bond donors (Lipinski definition) is 1. The van der Waals surface area contributed by atoms with Crippen LogP contribution < -0.4 is 5.73 Å². The van der Waals surface area contributed by atoms with E-state index >= 15 is 0 Å². The minimum absolute atomic E-state index is 0.0729. The zero-order chi connectivity index (χ0) is 13.2. The number of nitrogen functional groups attached to an aromatic ring is 1. The van der Waals surface area contributed by atoms with E-state index in [0.717, 1.165) is 0 Å². The molecule has 0 atom stereocenters. The first-order chi connectivity index (χ1) is 8.57. The second kappa shape index (κ2) is 4.62. The van der Waals surface area contributed by atoms with Gasteiger partial charge in [0.05, 0.1) is 15.5 Å². The van der Waals surface area contributed by atoms with Gasteiger partial charge in [-0.1, -0.05) is 24.3 Å². The van der Waals surface area contributed by atoms with Gasteiger partial charge in [-0.3, -0.25) is 4.99 Å². The molecule has 18 heavy (non-hydrogen) atoms. The Hall–Kier alpha value is -2.14. The van der Waals surface area contributed by atoms with Crippen molar-refractivity contribution >= 4 is 27.9 Å². The lowest BCUT2D eigenvalue weighted by atomic mass is 10.3. The van der Waals surface area contributed by atoms with Gasteiger partial charge in [0, 0.05) is 0 Å². The molecule has 2 N–H and O–H groups in total. The van der Waals surface area contributed by atoms with Gasteiger partial charge in [0.25, 0.3) is 0 Å². The van der Waals surface area contributed by atoms with Crippen LogP contribution in [0.15, 0.2) is 63.3 Å². The Balaban J connectivity index is 2.70. The molecule has 0 fully saturated rings. The Bertz CT molecular complexity index is 679. The van der Waals surface area contributed by atoms with E-state index in [1.54, 1.807) is 30.3 Å². The highest BCUT2D eigenvalue weighted by Gasteiger charge is 2.21. The maximum Gasteiger partial charge on any atom is 0.208 e. The molecule has 0 spiro atoms. The van der Waals surface area contributed by atoms with E-state index in [-0.39, 0.29) is 15.5 Å². The van der Waals surface area contributed by atoms with Crippen molar-refractivity contribution < 1.29 is 8.42 Å². The highest BCUT2D eigenvalue weighted by Crippen LogP contribution is 2.33. The molecule has 0 aliphatic carbocycles. The van der Waals surface area contributed by atoms with Crippen LogP contribution >= 0.6 is 0 Å². The van der Waals surface area contributed by atoms with Crippen molar-refractivity contribution in [2.75, 3.05) is 5.73 Å². The summed E-state index contributed by atoms with van der Waals surface area (Å²) in [6.07, 6.45) is 0. The summed E-state index contributed by atoms with van der Waals surface area (Å²) in [7, 11) is -3.62. The van der Waals surface area contributed by atoms with E-state index < -0.39 is 9.84 Å². The van der Waals surface area contributed by atoms with Crippen LogP contribution in [0.2, 0.25) is 0 Å². The number of nitrogens with two attached hydrogens (primary N) is 1. The minimum atomic E-state index is -3.62. The number of anilines is 1. The summed E-state index contributed by atoms with van der Waals surface area (Å²) in [5, 5.41) is 0. The molecule has 0 aromatic heterocycles. The summed E-state index contributed by atoms with van der Waals surface area (Å²) >= 11 is 0. The monoisotopic (exact) mass is 260 g/mol. The molecule has 0 unspecified atom stereocenters. The van der Waals surface area contributed by atoms with Crippen molar-refractivity contribution in [3.8, 4) is 0 Å². The topological polar surface area (TPSA) is 72.5 Å². The molecule has 0 saturated carbocycles. The van der Waals surface area contributed by atoms with Crippen molar-refractivity contribution in [2.24, 2.45) is 4.99 Å². The Morgan fingerprint density at radius 1 is 1.00 bits per heavy atom. The number of para-hydroxylation sites is 1. The first kappa shape index (κ1) is 12.3.